The van der Waals surface area contributed by atoms with Crippen molar-refractivity contribution in [3.63, 3.8) is 0 Å². The molecule has 1 aromatic rings. The van der Waals surface area contributed by atoms with Crippen molar-refractivity contribution in [1.82, 2.24) is 5.32 Å². The van der Waals surface area contributed by atoms with Gasteiger partial charge in [0.1, 0.15) is 0 Å². The van der Waals surface area contributed by atoms with Crippen LogP contribution in [0.5, 0.6) is 0 Å². The third-order valence-electron chi connectivity index (χ3n) is 2.92. The summed E-state index contributed by atoms with van der Waals surface area (Å²) in [6.45, 7) is 1.94. The minimum Gasteiger partial charge on any atom is -0.396 e. The van der Waals surface area contributed by atoms with Crippen LogP contribution in [0, 0.1) is 0 Å². The van der Waals surface area contributed by atoms with Crippen molar-refractivity contribution in [3.8, 4) is 0 Å². The topological polar surface area (TPSA) is 95.5 Å². The Balaban J connectivity index is 2.66. The Morgan fingerprint density at radius 3 is 2.67 bits per heavy atom. The predicted octanol–water partition coefficient (Wildman–Crippen LogP) is 1.51. The average molecular weight is 314 g/mol. The molecule has 21 heavy (non-hydrogen) atoms. The van der Waals surface area contributed by atoms with Gasteiger partial charge in [0.15, 0.2) is 9.84 Å². The zero-order valence-electron chi connectivity index (χ0n) is 12.3. The third kappa shape index (κ3) is 7.10. The number of benzene rings is 1. The van der Waals surface area contributed by atoms with E-state index in [4.69, 9.17) is 5.11 Å². The van der Waals surface area contributed by atoms with E-state index in [2.05, 4.69) is 10.6 Å². The molecule has 0 spiro atoms. The largest absolute Gasteiger partial charge is 0.396 e. The molecule has 0 aliphatic heterocycles. The zero-order chi connectivity index (χ0) is 15.9. The Morgan fingerprint density at radius 2 is 2.10 bits per heavy atom. The van der Waals surface area contributed by atoms with Crippen LogP contribution in [0.4, 0.5) is 10.5 Å². The normalized spacial score (nSPS) is 12.7. The molecule has 1 atom stereocenters. The number of rotatable bonds is 7. The lowest BCUT2D eigenvalue weighted by Crippen LogP contribution is -2.38. The average Bonchev–Trinajstić information content (AvgIpc) is 2.36. The van der Waals surface area contributed by atoms with Crippen molar-refractivity contribution in [2.75, 3.05) is 18.2 Å². The van der Waals surface area contributed by atoms with Crippen molar-refractivity contribution in [2.45, 2.75) is 31.6 Å². The second-order valence-corrected chi connectivity index (χ2v) is 7.13. The molecule has 7 heteroatoms. The molecule has 1 rings (SSSR count). The van der Waals surface area contributed by atoms with E-state index >= 15 is 0 Å². The molecule has 0 aliphatic rings. The lowest BCUT2D eigenvalue weighted by molar-refractivity contribution is 0.237. The first-order valence-electron chi connectivity index (χ1n) is 6.79. The van der Waals surface area contributed by atoms with Crippen LogP contribution >= 0.6 is 0 Å². The summed E-state index contributed by atoms with van der Waals surface area (Å²) in [5.41, 5.74) is 1.16. The van der Waals surface area contributed by atoms with Gasteiger partial charge in [0.2, 0.25) is 0 Å². The van der Waals surface area contributed by atoms with Crippen LogP contribution in [0.1, 0.15) is 25.3 Å². The van der Waals surface area contributed by atoms with Crippen molar-refractivity contribution in [2.24, 2.45) is 0 Å². The molecule has 1 unspecified atom stereocenters. The Bertz CT molecular complexity index is 572. The summed E-state index contributed by atoms with van der Waals surface area (Å²) in [7, 11) is -3.11. The number of amides is 2. The van der Waals surface area contributed by atoms with E-state index in [1.54, 1.807) is 24.3 Å². The number of hydrogen-bond acceptors (Lipinski definition) is 4. The van der Waals surface area contributed by atoms with E-state index in [9.17, 15) is 13.2 Å². The number of hydrogen-bond donors (Lipinski definition) is 3. The highest BCUT2D eigenvalue weighted by Crippen LogP contribution is 2.13. The lowest BCUT2D eigenvalue weighted by atomic mass is 10.1. The van der Waals surface area contributed by atoms with Gasteiger partial charge in [-0.2, -0.15) is 0 Å². The summed E-state index contributed by atoms with van der Waals surface area (Å²) in [4.78, 5) is 11.8. The fraction of sp³-hybridized carbons (Fsp3) is 0.500. The fourth-order valence-electron chi connectivity index (χ4n) is 1.93. The van der Waals surface area contributed by atoms with Gasteiger partial charge in [0, 0.05) is 24.6 Å². The molecule has 0 radical (unpaired) electrons. The van der Waals surface area contributed by atoms with Crippen molar-refractivity contribution >= 4 is 21.6 Å². The van der Waals surface area contributed by atoms with Crippen LogP contribution in [0.2, 0.25) is 0 Å². The molecule has 6 nitrogen and oxygen atoms in total. The van der Waals surface area contributed by atoms with Crippen molar-refractivity contribution < 1.29 is 18.3 Å². The number of sulfone groups is 1. The first-order valence-corrected chi connectivity index (χ1v) is 8.85. The highest BCUT2D eigenvalue weighted by atomic mass is 32.2. The lowest BCUT2D eigenvalue weighted by Gasteiger charge is -2.16. The molecule has 0 aliphatic carbocycles. The molecule has 0 heterocycles. The van der Waals surface area contributed by atoms with Crippen LogP contribution in [0.3, 0.4) is 0 Å². The molecule has 1 aromatic carbocycles. The van der Waals surface area contributed by atoms with E-state index in [1.807, 2.05) is 6.92 Å². The maximum atomic E-state index is 11.8. The molecular formula is C14H22N2O4S. The summed E-state index contributed by atoms with van der Waals surface area (Å²) >= 11 is 0. The number of carbonyl (C=O) groups excluding carboxylic acids is 1. The molecule has 118 valence electrons. The first kappa shape index (κ1) is 17.5. The van der Waals surface area contributed by atoms with Crippen LogP contribution in [-0.2, 0) is 15.6 Å². The Kier molecular flexibility index (Phi) is 6.64. The molecule has 0 bridgehead atoms. The van der Waals surface area contributed by atoms with Gasteiger partial charge in [-0.05, 0) is 30.5 Å². The van der Waals surface area contributed by atoms with Crippen LogP contribution in [-0.4, -0.2) is 38.5 Å². The van der Waals surface area contributed by atoms with Crippen LogP contribution in [0.25, 0.3) is 0 Å². The molecule has 2 amide bonds. The van der Waals surface area contributed by atoms with Crippen LogP contribution < -0.4 is 10.6 Å². The molecule has 3 N–H and O–H groups in total. The highest BCUT2D eigenvalue weighted by molar-refractivity contribution is 7.89. The van der Waals surface area contributed by atoms with Gasteiger partial charge in [-0.25, -0.2) is 13.2 Å². The van der Waals surface area contributed by atoms with E-state index in [1.165, 1.54) is 6.26 Å². The minimum absolute atomic E-state index is 0.0165. The number of nitrogens with one attached hydrogen (secondary N) is 2. The van der Waals surface area contributed by atoms with Gasteiger partial charge in [-0.3, -0.25) is 0 Å². The summed E-state index contributed by atoms with van der Waals surface area (Å²) in [5.74, 6) is -0.0633. The molecule has 0 aromatic heterocycles. The fourth-order valence-corrected chi connectivity index (χ4v) is 2.71. The maximum absolute atomic E-state index is 11.8. The maximum Gasteiger partial charge on any atom is 0.319 e. The quantitative estimate of drug-likeness (QED) is 0.711. The van der Waals surface area contributed by atoms with Crippen LogP contribution in [0.15, 0.2) is 24.3 Å². The van der Waals surface area contributed by atoms with Gasteiger partial charge in [-0.15, -0.1) is 0 Å². The van der Waals surface area contributed by atoms with Crippen molar-refractivity contribution in [1.29, 1.82) is 0 Å². The molecule has 0 saturated carbocycles. The zero-order valence-corrected chi connectivity index (χ0v) is 13.1. The van der Waals surface area contributed by atoms with Gasteiger partial charge in [0.05, 0.1) is 5.75 Å². The highest BCUT2D eigenvalue weighted by Gasteiger charge is 2.10. The Morgan fingerprint density at radius 1 is 1.38 bits per heavy atom. The van der Waals surface area contributed by atoms with E-state index in [0.29, 0.717) is 17.7 Å². The predicted molar refractivity (Wildman–Crippen MR) is 82.9 cm³/mol. The molecular weight excluding hydrogens is 292 g/mol. The molecule has 0 fully saturated rings. The molecule has 0 saturated heterocycles. The van der Waals surface area contributed by atoms with E-state index in [0.717, 1.165) is 6.42 Å². The second-order valence-electron chi connectivity index (χ2n) is 4.99. The van der Waals surface area contributed by atoms with E-state index in [-0.39, 0.29) is 24.4 Å². The van der Waals surface area contributed by atoms with E-state index < -0.39 is 9.84 Å². The van der Waals surface area contributed by atoms with Gasteiger partial charge < -0.3 is 15.7 Å². The smallest absolute Gasteiger partial charge is 0.319 e. The summed E-state index contributed by atoms with van der Waals surface area (Å²) in [5, 5.41) is 14.3. The summed E-state index contributed by atoms with van der Waals surface area (Å²) in [6, 6.07) is 6.26. The van der Waals surface area contributed by atoms with Crippen molar-refractivity contribution in [3.05, 3.63) is 29.8 Å². The Hall–Kier alpha value is -1.60. The third-order valence-corrected chi connectivity index (χ3v) is 3.78. The van der Waals surface area contributed by atoms with Gasteiger partial charge in [0.25, 0.3) is 0 Å². The van der Waals surface area contributed by atoms with Gasteiger partial charge >= 0.3 is 6.03 Å². The summed E-state index contributed by atoms with van der Waals surface area (Å²) in [6.07, 6.45) is 2.39. The van der Waals surface area contributed by atoms with Gasteiger partial charge in [-0.1, -0.05) is 19.1 Å². The number of carbonyl (C=O) groups is 1. The first-order chi connectivity index (χ1) is 9.84. The summed E-state index contributed by atoms with van der Waals surface area (Å²) < 4.78 is 22.5. The number of anilines is 1. The SMILES string of the molecule is CCC(CCO)NC(=O)Nc1cccc(CS(C)(=O)=O)c1. The standard InChI is InChI=1S/C14H22N2O4S/c1-3-12(7-8-17)15-14(18)16-13-6-4-5-11(9-13)10-21(2,19)20/h4-6,9,12,17H,3,7-8,10H2,1-2H3,(H2,15,16,18). The monoisotopic (exact) mass is 314 g/mol. The number of aliphatic hydroxyl groups is 1. The minimum atomic E-state index is -3.11. The number of urea groups is 1. The number of aliphatic hydroxyl groups excluding tert-OH is 1. The Labute approximate surface area is 125 Å². The second kappa shape index (κ2) is 7.99.